The van der Waals surface area contributed by atoms with Crippen LogP contribution in [0.25, 0.3) is 109 Å². The van der Waals surface area contributed by atoms with Crippen LogP contribution in [0.4, 0.5) is 70.2 Å². The third-order valence-corrected chi connectivity index (χ3v) is 26.6. The molecule has 4 heterocycles. The molecule has 0 atom stereocenters. The minimum Gasteiger partial charge on any atom is -0.619 e. The predicted molar refractivity (Wildman–Crippen MR) is 550 cm³/mol. The second-order valence-corrected chi connectivity index (χ2v) is 36.0. The van der Waals surface area contributed by atoms with Gasteiger partial charge in [-0.2, -0.15) is 18.9 Å². The van der Waals surface area contributed by atoms with E-state index in [0.717, 1.165) is 63.4 Å². The van der Waals surface area contributed by atoms with Gasteiger partial charge in [-0.15, -0.1) is 0 Å². The number of rotatable bonds is 4. The van der Waals surface area contributed by atoms with Crippen molar-refractivity contribution in [1.82, 2.24) is 0 Å². The number of halogens is 24. The second kappa shape index (κ2) is 48.3. The lowest BCUT2D eigenvalue weighted by Crippen LogP contribution is -2.23. The van der Waals surface area contributed by atoms with Crippen molar-refractivity contribution in [2.75, 3.05) is 0 Å². The van der Waals surface area contributed by atoms with Gasteiger partial charge in [0.15, 0.2) is 143 Å². The first kappa shape index (κ1) is 103. The fourth-order valence-corrected chi connectivity index (χ4v) is 16.4. The van der Waals surface area contributed by atoms with E-state index in [4.69, 9.17) is 0 Å². The third kappa shape index (κ3) is 25.6. The molecule has 8 nitrogen and oxygen atoms in total. The fourth-order valence-electron chi connectivity index (χ4n) is 12.6. The van der Waals surface area contributed by atoms with E-state index in [1.165, 1.54) is 295 Å². The van der Waals surface area contributed by atoms with Crippen molar-refractivity contribution in [3.05, 3.63) is 483 Å². The van der Waals surface area contributed by atoms with Crippen LogP contribution in [0.3, 0.4) is 0 Å². The van der Waals surface area contributed by atoms with Crippen LogP contribution < -0.4 is 18.9 Å². The van der Waals surface area contributed by atoms with Gasteiger partial charge < -0.3 is 20.8 Å². The van der Waals surface area contributed by atoms with Gasteiger partial charge in [-0.3, -0.25) is 0 Å². The van der Waals surface area contributed by atoms with Crippen LogP contribution in [0.15, 0.2) is 341 Å². The molecule has 132 heavy (non-hydrogen) atoms. The first-order chi connectivity index (χ1) is 63.2. The molecule has 16 aromatic carbocycles. The normalized spacial score (nSPS) is 10.5. The average Bonchev–Trinajstić information content (AvgIpc) is 0.751. The molecule has 0 saturated heterocycles. The zero-order chi connectivity index (χ0) is 95.3. The summed E-state index contributed by atoms with van der Waals surface area (Å²) in [6.45, 7) is 0. The maximum atomic E-state index is 12.6. The van der Waals surface area contributed by atoms with E-state index in [2.05, 4.69) is 121 Å². The monoisotopic (exact) mass is 2700 g/mol. The highest BCUT2D eigenvalue weighted by molar-refractivity contribution is 14.1. The Morgan fingerprint density at radius 1 is 0.136 bits per heavy atom. The standard InChI is InChI=1S/2C16H10.4C11H9NO.4C6F4I2/c2*1-3-11-7-9-13-5-2-6-14-10-8-12(4-1)15(11)16(13)14;4*13-12-8-6-11(7-9-12)10-4-2-1-3-5-10;4*7-1-2(8)6(12)4(10)3(9)5(1)11/h2*1-10H;4*1-9H;;;;. The number of aromatic nitrogens is 4. The summed E-state index contributed by atoms with van der Waals surface area (Å²) >= 11 is 9.63. The Morgan fingerprint density at radius 2 is 0.242 bits per heavy atom. The lowest BCUT2D eigenvalue weighted by atomic mass is 9.95. The molecule has 668 valence electrons. The number of hydrogen-bond donors (Lipinski definition) is 0. The Bertz CT molecular complexity index is 5950. The predicted octanol–water partition coefficient (Wildman–Crippen LogP) is 30.9. The van der Waals surface area contributed by atoms with Gasteiger partial charge in [-0.1, -0.05) is 243 Å². The van der Waals surface area contributed by atoms with Gasteiger partial charge in [0.2, 0.25) is 0 Å². The minimum absolute atomic E-state index is 0.664. The molecular weight excluding hydrogens is 2640 g/mol. The summed E-state index contributed by atoms with van der Waals surface area (Å²) in [5, 5.41) is 59.4. The van der Waals surface area contributed by atoms with Crippen molar-refractivity contribution in [3.63, 3.8) is 0 Å². The SMILES string of the molecule is Fc1c(F)c(I)c(F)c(F)c1I.Fc1c(F)c(I)c(F)c(F)c1I.Fc1c(F)c(I)c(F)c(F)c1I.Fc1c(F)c(I)c(F)c(F)c1I.[O-][n+]1ccc(-c2ccccc2)cc1.[O-][n+]1ccc(-c2ccccc2)cc1.[O-][n+]1ccc(-c2ccccc2)cc1.[O-][n+]1ccc(-c2ccccc2)cc1.c1cc2ccc3cccc4ccc(c1)c2c34.c1cc2ccc3cccc4ccc(c1)c2c34. The number of pyridine rings is 4. The van der Waals surface area contributed by atoms with E-state index in [0.29, 0.717) is 0 Å². The largest absolute Gasteiger partial charge is 0.619 e. The molecule has 0 N–H and O–H groups in total. The molecule has 0 aliphatic rings. The van der Waals surface area contributed by atoms with Crippen molar-refractivity contribution < 1.29 is 89.2 Å². The van der Waals surface area contributed by atoms with E-state index < -0.39 is 122 Å². The quantitative estimate of drug-likeness (QED) is 0.0333. The summed E-state index contributed by atoms with van der Waals surface area (Å²) in [6, 6.07) is 98.1. The van der Waals surface area contributed by atoms with Gasteiger partial charge in [0, 0.05) is 48.5 Å². The molecule has 0 aliphatic carbocycles. The van der Waals surface area contributed by atoms with Gasteiger partial charge in [0.1, 0.15) is 0 Å². The molecule has 0 radical (unpaired) electrons. The average molecular weight is 2700 g/mol. The van der Waals surface area contributed by atoms with Crippen LogP contribution in [0.1, 0.15) is 0 Å². The molecule has 32 heteroatoms. The molecule has 20 aromatic rings. The van der Waals surface area contributed by atoms with Gasteiger partial charge in [-0.25, -0.2) is 70.2 Å². The molecule has 0 bridgehead atoms. The van der Waals surface area contributed by atoms with Gasteiger partial charge in [0.25, 0.3) is 0 Å². The topological polar surface area (TPSA) is 108 Å². The van der Waals surface area contributed by atoms with Crippen molar-refractivity contribution in [2.45, 2.75) is 0 Å². The second-order valence-electron chi connectivity index (χ2n) is 27.4. The van der Waals surface area contributed by atoms with E-state index in [-0.39, 0.29) is 0 Å². The van der Waals surface area contributed by atoms with Gasteiger partial charge in [0.05, 0.1) is 28.6 Å². The van der Waals surface area contributed by atoms with E-state index >= 15 is 0 Å². The molecule has 0 spiro atoms. The van der Waals surface area contributed by atoms with Gasteiger partial charge >= 0.3 is 0 Å². The lowest BCUT2D eigenvalue weighted by molar-refractivity contribution is -0.605. The summed E-state index contributed by atoms with van der Waals surface area (Å²) in [4.78, 5) is 0. The smallest absolute Gasteiger partial charge is 0.180 e. The van der Waals surface area contributed by atoms with Crippen molar-refractivity contribution in [3.8, 4) is 44.5 Å². The van der Waals surface area contributed by atoms with Crippen LogP contribution in [-0.4, -0.2) is 0 Å². The van der Waals surface area contributed by atoms with Crippen LogP contribution >= 0.6 is 181 Å². The highest BCUT2D eigenvalue weighted by Crippen LogP contribution is 2.38. The van der Waals surface area contributed by atoms with Crippen LogP contribution in [0, 0.1) is 142 Å². The first-order valence-corrected chi connectivity index (χ1v) is 46.7. The molecular formula is C100H56F16I8N4O4. The molecule has 0 fully saturated rings. The van der Waals surface area contributed by atoms with Gasteiger partial charge in [-0.05, 0) is 290 Å². The third-order valence-electron chi connectivity index (χ3n) is 19.0. The Kier molecular flexibility index (Phi) is 37.6. The molecule has 0 aliphatic heterocycles. The summed E-state index contributed by atoms with van der Waals surface area (Å²) < 4.78 is 200. The molecule has 4 aromatic heterocycles. The lowest BCUT2D eigenvalue weighted by Gasteiger charge is -2.09. The van der Waals surface area contributed by atoms with Crippen LogP contribution in [-0.2, 0) is 0 Å². The van der Waals surface area contributed by atoms with Crippen LogP contribution in [0.5, 0.6) is 0 Å². The maximum absolute atomic E-state index is 12.6. The highest BCUT2D eigenvalue weighted by Gasteiger charge is 2.26. The summed E-state index contributed by atoms with van der Waals surface area (Å²) in [5.74, 6) is -21.6. The Hall–Kier alpha value is -9.88. The van der Waals surface area contributed by atoms with Crippen molar-refractivity contribution in [2.24, 2.45) is 0 Å². The Balaban J connectivity index is 0.000000142. The zero-order valence-corrected chi connectivity index (χ0v) is 84.1. The number of hydrogen-bond acceptors (Lipinski definition) is 4. The fraction of sp³-hybridized carbons (Fsp3) is 0. The summed E-state index contributed by atoms with van der Waals surface area (Å²) in [5.41, 5.74) is 8.76. The van der Waals surface area contributed by atoms with E-state index in [1.54, 1.807) is 0 Å². The summed E-state index contributed by atoms with van der Waals surface area (Å²) in [7, 11) is 0. The van der Waals surface area contributed by atoms with Crippen molar-refractivity contribution in [1.29, 1.82) is 0 Å². The molecule has 0 unspecified atom stereocenters. The van der Waals surface area contributed by atoms with E-state index in [1.807, 2.05) is 170 Å². The number of benzene rings is 16. The highest BCUT2D eigenvalue weighted by atomic mass is 127. The van der Waals surface area contributed by atoms with E-state index in [9.17, 15) is 91.1 Å². The Morgan fingerprint density at radius 3 is 0.356 bits per heavy atom. The minimum atomic E-state index is -1.35. The Labute approximate surface area is 852 Å². The molecule has 0 saturated carbocycles. The number of nitrogens with zero attached hydrogens (tertiary/aromatic N) is 4. The molecule has 20 rings (SSSR count). The summed E-state index contributed by atoms with van der Waals surface area (Å²) in [6.07, 6.45) is 12.0. The zero-order valence-electron chi connectivity index (χ0n) is 66.8. The molecule has 0 amide bonds. The first-order valence-electron chi connectivity index (χ1n) is 38.1. The van der Waals surface area contributed by atoms with Crippen LogP contribution in [0.2, 0.25) is 0 Å². The van der Waals surface area contributed by atoms with Crippen molar-refractivity contribution >= 4 is 245 Å². The maximum Gasteiger partial charge on any atom is 0.180 e.